The van der Waals surface area contributed by atoms with Crippen molar-refractivity contribution in [3.63, 3.8) is 0 Å². The SMILES string of the molecule is CC1=CC[C@@H]2C(=O)N(c3ccc(C(=O)Nc4ccc(C)cc4C)cc3)C(=O)[C@@H]2C1. The average molecular weight is 388 g/mol. The number of benzene rings is 2. The third kappa shape index (κ3) is 3.48. The summed E-state index contributed by atoms with van der Waals surface area (Å²) in [5.41, 5.74) is 5.05. The van der Waals surface area contributed by atoms with Gasteiger partial charge in [-0.2, -0.15) is 0 Å². The molecule has 1 fully saturated rings. The molecule has 0 bridgehead atoms. The summed E-state index contributed by atoms with van der Waals surface area (Å²) >= 11 is 0. The molecule has 2 aromatic rings. The third-order valence-electron chi connectivity index (χ3n) is 5.84. The average Bonchev–Trinajstić information content (AvgIpc) is 2.94. The Labute approximate surface area is 170 Å². The zero-order chi connectivity index (χ0) is 20.7. The van der Waals surface area contributed by atoms with Crippen LogP contribution in [-0.2, 0) is 9.59 Å². The van der Waals surface area contributed by atoms with E-state index in [0.717, 1.165) is 22.4 Å². The molecule has 1 heterocycles. The second-order valence-corrected chi connectivity index (χ2v) is 8.03. The van der Waals surface area contributed by atoms with Crippen LogP contribution in [0.4, 0.5) is 11.4 Å². The fraction of sp³-hybridized carbons (Fsp3) is 0.292. The van der Waals surface area contributed by atoms with Gasteiger partial charge in [-0.3, -0.25) is 19.3 Å². The molecule has 2 aliphatic rings. The Morgan fingerprint density at radius 3 is 2.34 bits per heavy atom. The molecular weight excluding hydrogens is 364 g/mol. The summed E-state index contributed by atoms with van der Waals surface area (Å²) in [7, 11) is 0. The Bertz CT molecular complexity index is 1040. The first kappa shape index (κ1) is 19.1. The van der Waals surface area contributed by atoms with Crippen LogP contribution >= 0.6 is 0 Å². The summed E-state index contributed by atoms with van der Waals surface area (Å²) in [5.74, 6) is -1.04. The fourth-order valence-corrected chi connectivity index (χ4v) is 4.20. The molecule has 3 amide bonds. The van der Waals surface area contributed by atoms with E-state index >= 15 is 0 Å². The summed E-state index contributed by atoms with van der Waals surface area (Å²) in [6.07, 6.45) is 3.31. The van der Waals surface area contributed by atoms with Crippen LogP contribution in [0.3, 0.4) is 0 Å². The summed E-state index contributed by atoms with van der Waals surface area (Å²) in [6.45, 7) is 5.96. The Morgan fingerprint density at radius 2 is 1.66 bits per heavy atom. The smallest absolute Gasteiger partial charge is 0.255 e. The predicted octanol–water partition coefficient (Wildman–Crippen LogP) is 4.40. The molecule has 0 radical (unpaired) electrons. The highest BCUT2D eigenvalue weighted by atomic mass is 16.2. The molecular formula is C24H24N2O3. The maximum Gasteiger partial charge on any atom is 0.255 e. The molecule has 0 spiro atoms. The van der Waals surface area contributed by atoms with Gasteiger partial charge in [-0.15, -0.1) is 0 Å². The van der Waals surface area contributed by atoms with Gasteiger partial charge in [0.1, 0.15) is 0 Å². The van der Waals surface area contributed by atoms with Gasteiger partial charge in [-0.25, -0.2) is 0 Å². The van der Waals surface area contributed by atoms with Crippen molar-refractivity contribution in [1.82, 2.24) is 0 Å². The Balaban J connectivity index is 1.51. The molecule has 2 atom stereocenters. The number of nitrogens with one attached hydrogen (secondary N) is 1. The van der Waals surface area contributed by atoms with E-state index in [1.807, 2.05) is 39.0 Å². The lowest BCUT2D eigenvalue weighted by Gasteiger charge is -2.18. The molecule has 1 aliphatic carbocycles. The van der Waals surface area contributed by atoms with Crippen LogP contribution in [0.5, 0.6) is 0 Å². The molecule has 148 valence electrons. The molecule has 1 N–H and O–H groups in total. The van der Waals surface area contributed by atoms with Gasteiger partial charge in [-0.05, 0) is 69.5 Å². The highest BCUT2D eigenvalue weighted by Crippen LogP contribution is 2.39. The number of allylic oxidation sites excluding steroid dienone is 2. The highest BCUT2D eigenvalue weighted by molar-refractivity contribution is 6.22. The molecule has 1 saturated heterocycles. The minimum Gasteiger partial charge on any atom is -0.322 e. The first-order valence-electron chi connectivity index (χ1n) is 9.87. The summed E-state index contributed by atoms with van der Waals surface area (Å²) in [4.78, 5) is 39.5. The van der Waals surface area contributed by atoms with Gasteiger partial charge in [0.2, 0.25) is 11.8 Å². The van der Waals surface area contributed by atoms with E-state index in [9.17, 15) is 14.4 Å². The van der Waals surface area contributed by atoms with E-state index in [0.29, 0.717) is 24.1 Å². The normalized spacial score (nSPS) is 21.1. The van der Waals surface area contributed by atoms with E-state index in [-0.39, 0.29) is 29.6 Å². The maximum atomic E-state index is 12.8. The van der Waals surface area contributed by atoms with Crippen molar-refractivity contribution in [3.8, 4) is 0 Å². The van der Waals surface area contributed by atoms with Crippen LogP contribution in [0.2, 0.25) is 0 Å². The Hall–Kier alpha value is -3.21. The van der Waals surface area contributed by atoms with Crippen molar-refractivity contribution in [2.75, 3.05) is 10.2 Å². The van der Waals surface area contributed by atoms with Crippen LogP contribution in [0, 0.1) is 25.7 Å². The Kier molecular flexibility index (Phi) is 4.82. The van der Waals surface area contributed by atoms with Crippen molar-refractivity contribution >= 4 is 29.1 Å². The second-order valence-electron chi connectivity index (χ2n) is 8.03. The van der Waals surface area contributed by atoms with Crippen LogP contribution < -0.4 is 10.2 Å². The molecule has 0 saturated carbocycles. The molecule has 1 aliphatic heterocycles. The lowest BCUT2D eigenvalue weighted by atomic mass is 9.82. The zero-order valence-electron chi connectivity index (χ0n) is 16.9. The largest absolute Gasteiger partial charge is 0.322 e. The number of hydrogen-bond acceptors (Lipinski definition) is 3. The van der Waals surface area contributed by atoms with Gasteiger partial charge in [-0.1, -0.05) is 29.3 Å². The number of fused-ring (bicyclic) bond motifs is 1. The second kappa shape index (κ2) is 7.32. The predicted molar refractivity (Wildman–Crippen MR) is 113 cm³/mol. The number of hydrogen-bond donors (Lipinski definition) is 1. The van der Waals surface area contributed by atoms with Crippen molar-refractivity contribution in [2.24, 2.45) is 11.8 Å². The van der Waals surface area contributed by atoms with E-state index in [1.165, 1.54) is 4.90 Å². The summed E-state index contributed by atoms with van der Waals surface area (Å²) in [6, 6.07) is 12.5. The van der Waals surface area contributed by atoms with E-state index < -0.39 is 0 Å². The topological polar surface area (TPSA) is 66.5 Å². The van der Waals surface area contributed by atoms with Gasteiger partial charge in [0.25, 0.3) is 5.91 Å². The minimum atomic E-state index is -0.265. The van der Waals surface area contributed by atoms with Gasteiger partial charge in [0.15, 0.2) is 0 Å². The number of amides is 3. The number of carbonyl (C=O) groups is 3. The number of imide groups is 1. The third-order valence-corrected chi connectivity index (χ3v) is 5.84. The number of rotatable bonds is 3. The van der Waals surface area contributed by atoms with E-state index in [2.05, 4.69) is 11.4 Å². The van der Waals surface area contributed by atoms with Crippen molar-refractivity contribution in [1.29, 1.82) is 0 Å². The minimum absolute atomic E-state index is 0.139. The first-order chi connectivity index (χ1) is 13.8. The quantitative estimate of drug-likeness (QED) is 0.626. The van der Waals surface area contributed by atoms with Gasteiger partial charge in [0.05, 0.1) is 17.5 Å². The molecule has 29 heavy (non-hydrogen) atoms. The molecule has 0 aromatic heterocycles. The maximum absolute atomic E-state index is 12.8. The van der Waals surface area contributed by atoms with Crippen LogP contribution in [0.15, 0.2) is 54.1 Å². The van der Waals surface area contributed by atoms with Crippen LogP contribution in [-0.4, -0.2) is 17.7 Å². The van der Waals surface area contributed by atoms with Crippen LogP contribution in [0.1, 0.15) is 41.3 Å². The number of nitrogens with zero attached hydrogens (tertiary/aromatic N) is 1. The fourth-order valence-electron chi connectivity index (χ4n) is 4.20. The van der Waals surface area contributed by atoms with Crippen molar-refractivity contribution < 1.29 is 14.4 Å². The zero-order valence-corrected chi connectivity index (χ0v) is 16.9. The van der Waals surface area contributed by atoms with Gasteiger partial charge in [0, 0.05) is 11.3 Å². The number of carbonyl (C=O) groups excluding carboxylic acids is 3. The highest BCUT2D eigenvalue weighted by Gasteiger charge is 2.48. The number of anilines is 2. The van der Waals surface area contributed by atoms with Crippen LogP contribution in [0.25, 0.3) is 0 Å². The number of aryl methyl sites for hydroxylation is 2. The standard InChI is InChI=1S/C24H24N2O3/c1-14-5-11-21(16(3)12-14)25-22(27)17-6-8-18(9-7-17)26-23(28)19-10-4-15(2)13-20(19)24(26)29/h4-9,11-12,19-20H,10,13H2,1-3H3,(H,25,27)/t19-,20+/m0/s1. The molecule has 5 heteroatoms. The van der Waals surface area contributed by atoms with Crippen molar-refractivity contribution in [2.45, 2.75) is 33.6 Å². The van der Waals surface area contributed by atoms with Gasteiger partial charge < -0.3 is 5.32 Å². The van der Waals surface area contributed by atoms with E-state index in [1.54, 1.807) is 24.3 Å². The lowest BCUT2D eigenvalue weighted by Crippen LogP contribution is -2.30. The molecule has 5 nitrogen and oxygen atoms in total. The van der Waals surface area contributed by atoms with E-state index in [4.69, 9.17) is 0 Å². The monoisotopic (exact) mass is 388 g/mol. The van der Waals surface area contributed by atoms with Crippen molar-refractivity contribution in [3.05, 3.63) is 70.8 Å². The summed E-state index contributed by atoms with van der Waals surface area (Å²) < 4.78 is 0. The summed E-state index contributed by atoms with van der Waals surface area (Å²) in [5, 5.41) is 2.91. The molecule has 2 aromatic carbocycles. The molecule has 4 rings (SSSR count). The first-order valence-corrected chi connectivity index (χ1v) is 9.87. The Morgan fingerprint density at radius 1 is 0.966 bits per heavy atom. The lowest BCUT2D eigenvalue weighted by molar-refractivity contribution is -0.122. The van der Waals surface area contributed by atoms with Gasteiger partial charge >= 0.3 is 0 Å². The molecule has 0 unspecified atom stereocenters.